The van der Waals surface area contributed by atoms with Gasteiger partial charge in [-0.05, 0) is 18.9 Å². The average Bonchev–Trinajstić information content (AvgIpc) is 2.26. The maximum Gasteiger partial charge on any atom is 0.143 e. The van der Waals surface area contributed by atoms with Crippen LogP contribution in [0.25, 0.3) is 0 Å². The molecule has 90 valence electrons. The maximum atomic E-state index is 8.80. The summed E-state index contributed by atoms with van der Waals surface area (Å²) in [7, 11) is 0. The van der Waals surface area contributed by atoms with Crippen molar-refractivity contribution in [3.05, 3.63) is 0 Å². The van der Waals surface area contributed by atoms with Crippen molar-refractivity contribution >= 4 is 5.84 Å². The minimum atomic E-state index is 0.0293. The van der Waals surface area contributed by atoms with Gasteiger partial charge in [0.15, 0.2) is 0 Å². The average molecular weight is 217 g/mol. The van der Waals surface area contributed by atoms with Crippen LogP contribution in [0.3, 0.4) is 0 Å². The summed E-state index contributed by atoms with van der Waals surface area (Å²) in [5.74, 6) is 0.772. The molecule has 0 saturated carbocycles. The molecule has 0 bridgehead atoms. The van der Waals surface area contributed by atoms with E-state index in [-0.39, 0.29) is 18.4 Å². The molecular formula is C10H23N3O2. The van der Waals surface area contributed by atoms with Crippen LogP contribution in [-0.2, 0) is 0 Å². The van der Waals surface area contributed by atoms with Crippen LogP contribution < -0.4 is 11.1 Å². The van der Waals surface area contributed by atoms with Gasteiger partial charge in [-0.3, -0.25) is 0 Å². The van der Waals surface area contributed by atoms with Gasteiger partial charge in [0.25, 0.3) is 0 Å². The second-order valence-corrected chi connectivity index (χ2v) is 3.87. The number of aliphatic hydroxyl groups excluding tert-OH is 1. The number of aliphatic hydroxyl groups is 1. The molecule has 0 saturated heterocycles. The van der Waals surface area contributed by atoms with Gasteiger partial charge >= 0.3 is 0 Å². The molecule has 0 aliphatic rings. The molecule has 0 radical (unpaired) electrons. The summed E-state index contributed by atoms with van der Waals surface area (Å²) < 4.78 is 0. The number of rotatable bonds is 8. The van der Waals surface area contributed by atoms with E-state index in [1.165, 1.54) is 0 Å². The second-order valence-electron chi connectivity index (χ2n) is 3.87. The lowest BCUT2D eigenvalue weighted by Gasteiger charge is -2.16. The monoisotopic (exact) mass is 217 g/mol. The summed E-state index contributed by atoms with van der Waals surface area (Å²) in [5, 5.41) is 23.5. The van der Waals surface area contributed by atoms with Gasteiger partial charge in [0.2, 0.25) is 0 Å². The van der Waals surface area contributed by atoms with Crippen molar-refractivity contribution in [2.24, 2.45) is 22.7 Å². The van der Waals surface area contributed by atoms with Crippen LogP contribution in [-0.4, -0.2) is 35.8 Å². The Balaban J connectivity index is 3.67. The Kier molecular flexibility index (Phi) is 8.04. The standard InChI is InChI=1S/C10H23N3O2/c1-3-9(4-5-14)7-12-6-8(2)10(11)13-15/h8-9,12,14-15H,3-7H2,1-2H3,(H2,11,13). The van der Waals surface area contributed by atoms with Gasteiger partial charge in [0.05, 0.1) is 0 Å². The van der Waals surface area contributed by atoms with Crippen LogP contribution in [0.15, 0.2) is 5.16 Å². The normalized spacial score (nSPS) is 16.3. The minimum absolute atomic E-state index is 0.0293. The molecule has 5 heteroatoms. The molecule has 2 atom stereocenters. The van der Waals surface area contributed by atoms with Crippen molar-refractivity contribution in [2.45, 2.75) is 26.7 Å². The van der Waals surface area contributed by atoms with E-state index in [1.807, 2.05) is 6.92 Å². The fraction of sp³-hybridized carbons (Fsp3) is 0.900. The highest BCUT2D eigenvalue weighted by Crippen LogP contribution is 2.05. The van der Waals surface area contributed by atoms with E-state index in [0.29, 0.717) is 12.5 Å². The van der Waals surface area contributed by atoms with Crippen LogP contribution in [0.5, 0.6) is 0 Å². The predicted octanol–water partition coefficient (Wildman–Crippen LogP) is 0.367. The van der Waals surface area contributed by atoms with Crippen molar-refractivity contribution in [2.75, 3.05) is 19.7 Å². The van der Waals surface area contributed by atoms with E-state index in [2.05, 4.69) is 17.4 Å². The third-order valence-electron chi connectivity index (χ3n) is 2.62. The third-order valence-corrected chi connectivity index (χ3v) is 2.62. The Morgan fingerprint density at radius 1 is 1.47 bits per heavy atom. The van der Waals surface area contributed by atoms with E-state index in [0.717, 1.165) is 19.4 Å². The van der Waals surface area contributed by atoms with Crippen LogP contribution in [0, 0.1) is 11.8 Å². The molecule has 0 aromatic heterocycles. The fourth-order valence-corrected chi connectivity index (χ4v) is 1.34. The molecule has 5 nitrogen and oxygen atoms in total. The van der Waals surface area contributed by atoms with Gasteiger partial charge in [0, 0.05) is 19.1 Å². The van der Waals surface area contributed by atoms with Crippen molar-refractivity contribution in [3.63, 3.8) is 0 Å². The van der Waals surface area contributed by atoms with E-state index in [4.69, 9.17) is 16.0 Å². The van der Waals surface area contributed by atoms with Gasteiger partial charge in [-0.25, -0.2) is 0 Å². The lowest BCUT2D eigenvalue weighted by atomic mass is 10.0. The van der Waals surface area contributed by atoms with Gasteiger partial charge in [-0.15, -0.1) is 0 Å². The summed E-state index contributed by atoms with van der Waals surface area (Å²) in [6, 6.07) is 0. The number of hydrogen-bond acceptors (Lipinski definition) is 4. The zero-order chi connectivity index (χ0) is 11.7. The maximum absolute atomic E-state index is 8.80. The molecule has 0 rings (SSSR count). The molecule has 0 aromatic carbocycles. The highest BCUT2D eigenvalue weighted by molar-refractivity contribution is 5.82. The Morgan fingerprint density at radius 3 is 2.60 bits per heavy atom. The van der Waals surface area contributed by atoms with Crippen molar-refractivity contribution < 1.29 is 10.3 Å². The first kappa shape index (κ1) is 14.2. The minimum Gasteiger partial charge on any atom is -0.409 e. The first-order valence-corrected chi connectivity index (χ1v) is 5.44. The Labute approximate surface area is 91.4 Å². The van der Waals surface area contributed by atoms with Crippen LogP contribution in [0.2, 0.25) is 0 Å². The van der Waals surface area contributed by atoms with Crippen LogP contribution in [0.1, 0.15) is 26.7 Å². The van der Waals surface area contributed by atoms with E-state index >= 15 is 0 Å². The van der Waals surface area contributed by atoms with E-state index in [1.54, 1.807) is 0 Å². The molecular weight excluding hydrogens is 194 g/mol. The number of oxime groups is 1. The largest absolute Gasteiger partial charge is 0.409 e. The Hall–Kier alpha value is -0.810. The zero-order valence-corrected chi connectivity index (χ0v) is 9.61. The molecule has 0 aromatic rings. The highest BCUT2D eigenvalue weighted by atomic mass is 16.4. The van der Waals surface area contributed by atoms with Crippen LogP contribution >= 0.6 is 0 Å². The molecule has 0 aliphatic heterocycles. The van der Waals surface area contributed by atoms with Crippen molar-refractivity contribution in [1.82, 2.24) is 5.32 Å². The summed E-state index contributed by atoms with van der Waals surface area (Å²) in [6.45, 7) is 5.79. The van der Waals surface area contributed by atoms with Gasteiger partial charge < -0.3 is 21.4 Å². The predicted molar refractivity (Wildman–Crippen MR) is 60.9 cm³/mol. The summed E-state index contributed by atoms with van der Waals surface area (Å²) >= 11 is 0. The summed E-state index contributed by atoms with van der Waals surface area (Å²) in [4.78, 5) is 0. The Morgan fingerprint density at radius 2 is 2.13 bits per heavy atom. The van der Waals surface area contributed by atoms with Crippen molar-refractivity contribution in [3.8, 4) is 0 Å². The third kappa shape index (κ3) is 6.30. The molecule has 15 heavy (non-hydrogen) atoms. The topological polar surface area (TPSA) is 90.9 Å². The van der Waals surface area contributed by atoms with Gasteiger partial charge in [-0.2, -0.15) is 0 Å². The van der Waals surface area contributed by atoms with E-state index < -0.39 is 0 Å². The number of hydrogen-bond donors (Lipinski definition) is 4. The first-order valence-electron chi connectivity index (χ1n) is 5.44. The van der Waals surface area contributed by atoms with E-state index in [9.17, 15) is 0 Å². The fourth-order valence-electron chi connectivity index (χ4n) is 1.34. The zero-order valence-electron chi connectivity index (χ0n) is 9.61. The SMILES string of the molecule is CCC(CCO)CNCC(C)C(N)=NO. The smallest absolute Gasteiger partial charge is 0.143 e. The molecule has 0 fully saturated rings. The highest BCUT2D eigenvalue weighted by Gasteiger charge is 2.09. The molecule has 0 heterocycles. The number of amidine groups is 1. The number of nitrogens with two attached hydrogens (primary N) is 1. The lowest BCUT2D eigenvalue weighted by molar-refractivity contribution is 0.251. The summed E-state index contributed by atoms with van der Waals surface area (Å²) in [5.41, 5.74) is 5.44. The molecule has 0 spiro atoms. The van der Waals surface area contributed by atoms with Crippen molar-refractivity contribution in [1.29, 1.82) is 0 Å². The van der Waals surface area contributed by atoms with Crippen LogP contribution in [0.4, 0.5) is 0 Å². The first-order chi connectivity index (χ1) is 7.15. The molecule has 5 N–H and O–H groups in total. The quantitative estimate of drug-likeness (QED) is 0.204. The molecule has 2 unspecified atom stereocenters. The van der Waals surface area contributed by atoms with Gasteiger partial charge in [-0.1, -0.05) is 25.4 Å². The Bertz CT molecular complexity index is 186. The number of nitrogens with zero attached hydrogens (tertiary/aromatic N) is 1. The second kappa shape index (κ2) is 8.49. The molecule has 0 aliphatic carbocycles. The number of nitrogens with one attached hydrogen (secondary N) is 1. The van der Waals surface area contributed by atoms with Gasteiger partial charge in [0.1, 0.15) is 5.84 Å². The summed E-state index contributed by atoms with van der Waals surface area (Å²) in [6.07, 6.45) is 1.87. The lowest BCUT2D eigenvalue weighted by Crippen LogP contribution is -2.33. The molecule has 0 amide bonds.